The highest BCUT2D eigenvalue weighted by Gasteiger charge is 2.49. The highest BCUT2D eigenvalue weighted by molar-refractivity contribution is 5.86. The molecule has 0 amide bonds. The number of ether oxygens (including phenoxy) is 1. The Kier molecular flexibility index (Phi) is 3.16. The summed E-state index contributed by atoms with van der Waals surface area (Å²) in [5, 5.41) is 12.1. The highest BCUT2D eigenvalue weighted by atomic mass is 16.7. The van der Waals surface area contributed by atoms with E-state index < -0.39 is 5.97 Å². The number of hydroxylamine groups is 1. The number of aromatic nitrogens is 2. The fourth-order valence-electron chi connectivity index (χ4n) is 3.89. The van der Waals surface area contributed by atoms with Crippen molar-refractivity contribution in [3.8, 4) is 5.75 Å². The molecule has 9 nitrogen and oxygen atoms in total. The second-order valence-corrected chi connectivity index (χ2v) is 7.25. The number of hydrogen-bond acceptors (Lipinski definition) is 8. The Morgan fingerprint density at radius 3 is 3.07 bits per heavy atom. The maximum Gasteiger partial charge on any atom is 0.351 e. The number of aryl methyl sites for hydroxylation is 1. The largest absolute Gasteiger partial charge is 0.471 e. The molecule has 0 radical (unpaired) electrons. The number of aliphatic imine (C=N–C) groups is 1. The van der Waals surface area contributed by atoms with E-state index in [2.05, 4.69) is 21.2 Å². The lowest BCUT2D eigenvalue weighted by atomic mass is 10.2. The Morgan fingerprint density at radius 2 is 2.14 bits per heavy atom. The summed E-state index contributed by atoms with van der Waals surface area (Å²) in [7, 11) is 1.92. The lowest BCUT2D eigenvalue weighted by Crippen LogP contribution is -2.51. The quantitative estimate of drug-likeness (QED) is 0.635. The van der Waals surface area contributed by atoms with E-state index in [-0.39, 0.29) is 0 Å². The maximum absolute atomic E-state index is 5.98. The minimum atomic E-state index is -1.14. The van der Waals surface area contributed by atoms with Crippen LogP contribution in [0.1, 0.15) is 6.92 Å². The number of hydrogen-bond donors (Lipinski definition) is 3. The molecule has 1 fully saturated rings. The number of nitrogens with zero attached hydrogens (tertiary/aromatic N) is 4. The second-order valence-electron chi connectivity index (χ2n) is 7.25. The van der Waals surface area contributed by atoms with Gasteiger partial charge in [-0.15, -0.1) is 0 Å². The fraction of sp³-hybridized carbons (Fsp3) is 0.200. The van der Waals surface area contributed by atoms with Crippen LogP contribution in [0.15, 0.2) is 59.0 Å². The van der Waals surface area contributed by atoms with Gasteiger partial charge in [0.05, 0.1) is 23.1 Å². The molecule has 1 saturated heterocycles. The molecule has 4 heterocycles. The van der Waals surface area contributed by atoms with Gasteiger partial charge in [-0.25, -0.2) is 15.3 Å². The summed E-state index contributed by atoms with van der Waals surface area (Å²) in [5.41, 5.74) is 7.78. The molecule has 6 rings (SSSR count). The van der Waals surface area contributed by atoms with Crippen LogP contribution in [-0.2, 0) is 11.9 Å². The van der Waals surface area contributed by atoms with Crippen LogP contribution in [0.2, 0.25) is 0 Å². The lowest BCUT2D eigenvalue weighted by molar-refractivity contribution is -0.0214. The molecule has 29 heavy (non-hydrogen) atoms. The van der Waals surface area contributed by atoms with E-state index >= 15 is 0 Å². The van der Waals surface area contributed by atoms with Crippen LogP contribution in [0.4, 0.5) is 17.1 Å². The van der Waals surface area contributed by atoms with E-state index in [0.29, 0.717) is 6.73 Å². The second kappa shape index (κ2) is 5.65. The zero-order valence-electron chi connectivity index (χ0n) is 15.9. The minimum absolute atomic E-state index is 0.474. The van der Waals surface area contributed by atoms with E-state index in [1.54, 1.807) is 0 Å². The van der Waals surface area contributed by atoms with Crippen LogP contribution in [0.3, 0.4) is 0 Å². The lowest BCUT2D eigenvalue weighted by Gasteiger charge is -2.36. The summed E-state index contributed by atoms with van der Waals surface area (Å²) < 4.78 is 7.40. The molecule has 146 valence electrons. The van der Waals surface area contributed by atoms with Crippen molar-refractivity contribution in [2.75, 3.05) is 22.3 Å². The van der Waals surface area contributed by atoms with Crippen LogP contribution >= 0.6 is 0 Å². The predicted molar refractivity (Wildman–Crippen MR) is 111 cm³/mol. The van der Waals surface area contributed by atoms with Gasteiger partial charge in [-0.3, -0.25) is 9.58 Å². The van der Waals surface area contributed by atoms with Crippen molar-refractivity contribution in [1.29, 1.82) is 0 Å². The van der Waals surface area contributed by atoms with Crippen molar-refractivity contribution in [3.05, 3.63) is 54.0 Å². The van der Waals surface area contributed by atoms with Crippen molar-refractivity contribution in [2.45, 2.75) is 12.9 Å². The average Bonchev–Trinajstić information content (AvgIpc) is 3.41. The summed E-state index contributed by atoms with van der Waals surface area (Å²) in [6.45, 7) is 2.47. The number of anilines is 3. The predicted octanol–water partition coefficient (Wildman–Crippen LogP) is 2.72. The van der Waals surface area contributed by atoms with Gasteiger partial charge in [0, 0.05) is 29.9 Å². The fourth-order valence-corrected chi connectivity index (χ4v) is 3.89. The van der Waals surface area contributed by atoms with Crippen LogP contribution < -0.4 is 25.8 Å². The van der Waals surface area contributed by atoms with Gasteiger partial charge in [0.25, 0.3) is 0 Å². The molecule has 0 spiro atoms. The molecule has 1 unspecified atom stereocenters. The SMILES string of the molecule is CC1=C2NOC(Nc3ccc4cnn(C)c4c3)(N=C1)N2c1ccc2c(c1)NCO2. The van der Waals surface area contributed by atoms with Gasteiger partial charge < -0.3 is 15.4 Å². The molecule has 2 aromatic carbocycles. The van der Waals surface area contributed by atoms with Gasteiger partial charge in [-0.1, -0.05) is 0 Å². The first-order chi connectivity index (χ1) is 14.1. The first kappa shape index (κ1) is 16.3. The van der Waals surface area contributed by atoms with E-state index in [1.165, 1.54) is 0 Å². The molecule has 3 N–H and O–H groups in total. The third kappa shape index (κ3) is 2.31. The zero-order chi connectivity index (χ0) is 19.6. The molecule has 3 aliphatic rings. The Morgan fingerprint density at radius 1 is 1.21 bits per heavy atom. The number of rotatable bonds is 3. The molecule has 3 aliphatic heterocycles. The van der Waals surface area contributed by atoms with Crippen molar-refractivity contribution in [1.82, 2.24) is 15.3 Å². The number of fused-ring (bicyclic) bond motifs is 4. The number of allylic oxidation sites excluding steroid dienone is 1. The van der Waals surface area contributed by atoms with Crippen molar-refractivity contribution in [3.63, 3.8) is 0 Å². The van der Waals surface area contributed by atoms with Crippen LogP contribution in [0.25, 0.3) is 10.9 Å². The Balaban J connectivity index is 1.44. The molecule has 1 aromatic heterocycles. The molecular formula is C20H19N7O2. The zero-order valence-corrected chi connectivity index (χ0v) is 15.9. The monoisotopic (exact) mass is 389 g/mol. The van der Waals surface area contributed by atoms with E-state index in [4.69, 9.17) is 14.6 Å². The van der Waals surface area contributed by atoms with E-state index in [9.17, 15) is 0 Å². The molecule has 9 heteroatoms. The Hall–Kier alpha value is -3.72. The minimum Gasteiger partial charge on any atom is -0.471 e. The topological polar surface area (TPSA) is 88.0 Å². The highest BCUT2D eigenvalue weighted by Crippen LogP contribution is 2.42. The third-order valence-electron chi connectivity index (χ3n) is 5.39. The average molecular weight is 389 g/mol. The first-order valence-electron chi connectivity index (χ1n) is 9.34. The summed E-state index contributed by atoms with van der Waals surface area (Å²) >= 11 is 0. The maximum atomic E-state index is 5.98. The van der Waals surface area contributed by atoms with Gasteiger partial charge >= 0.3 is 5.97 Å². The van der Waals surface area contributed by atoms with Gasteiger partial charge in [0.15, 0.2) is 6.73 Å². The van der Waals surface area contributed by atoms with Crippen molar-refractivity contribution < 1.29 is 9.57 Å². The Labute approximate surface area is 166 Å². The standard InChI is InChI=1S/C20H19N7O2/c1-12-9-22-20(24-14-4-3-13-10-23-26(2)17(13)7-14)27(19(12)25-29-20)15-5-6-18-16(8-15)21-11-28-18/h3-10,21,24-25H,11H2,1-2H3. The molecular weight excluding hydrogens is 370 g/mol. The van der Waals surface area contributed by atoms with Gasteiger partial charge in [-0.2, -0.15) is 5.10 Å². The summed E-state index contributed by atoms with van der Waals surface area (Å²) in [6, 6.07) is 12.0. The molecule has 2 bridgehead atoms. The molecule has 0 aliphatic carbocycles. The summed E-state index contributed by atoms with van der Waals surface area (Å²) in [4.78, 5) is 12.7. The van der Waals surface area contributed by atoms with Crippen LogP contribution in [0, 0.1) is 0 Å². The Bertz CT molecular complexity index is 1210. The van der Waals surface area contributed by atoms with Crippen molar-refractivity contribution in [2.24, 2.45) is 12.0 Å². The summed E-state index contributed by atoms with van der Waals surface area (Å²) in [6.07, 6.45) is 3.66. The summed E-state index contributed by atoms with van der Waals surface area (Å²) in [5.74, 6) is 0.535. The van der Waals surface area contributed by atoms with Crippen LogP contribution in [0.5, 0.6) is 5.75 Å². The number of nitrogens with one attached hydrogen (secondary N) is 3. The molecule has 1 atom stereocenters. The smallest absolute Gasteiger partial charge is 0.351 e. The van der Waals surface area contributed by atoms with Crippen molar-refractivity contribution >= 4 is 34.2 Å². The third-order valence-corrected chi connectivity index (χ3v) is 5.39. The van der Waals surface area contributed by atoms with Gasteiger partial charge in [0.1, 0.15) is 11.6 Å². The van der Waals surface area contributed by atoms with E-state index in [1.807, 2.05) is 72.4 Å². The normalized spacial score (nSPS) is 21.8. The number of benzene rings is 2. The van der Waals surface area contributed by atoms with Crippen LogP contribution in [-0.4, -0.2) is 28.7 Å². The van der Waals surface area contributed by atoms with E-state index in [0.717, 1.165) is 45.1 Å². The first-order valence-corrected chi connectivity index (χ1v) is 9.34. The van der Waals surface area contributed by atoms with Gasteiger partial charge in [0.2, 0.25) is 0 Å². The molecule has 3 aromatic rings. The van der Waals surface area contributed by atoms with Gasteiger partial charge in [-0.05, 0) is 43.3 Å². The molecule has 0 saturated carbocycles.